The molecule has 0 heterocycles. The first-order valence-corrected chi connectivity index (χ1v) is 9.59. The normalized spacial score (nSPS) is 11.4. The summed E-state index contributed by atoms with van der Waals surface area (Å²) in [4.78, 5) is 20.3. The molecule has 1 atom stereocenters. The Morgan fingerprint density at radius 2 is 1.74 bits per heavy atom. The monoisotopic (exact) mass is 456 g/mol. The first kappa shape index (κ1) is 33.3. The highest BCUT2D eigenvalue weighted by Crippen LogP contribution is 2.20. The summed E-state index contributed by atoms with van der Waals surface area (Å²) in [6.45, 7) is 7.90. The van der Waals surface area contributed by atoms with Crippen LogP contribution < -0.4 is 11.1 Å². The van der Waals surface area contributed by atoms with Crippen LogP contribution >= 0.6 is 0 Å². The quantitative estimate of drug-likeness (QED) is 0.355. The summed E-state index contributed by atoms with van der Waals surface area (Å²) in [7, 11) is 1.69. The molecule has 5 nitrogen and oxygen atoms in total. The number of likely N-dealkylation sites (N-methyl/N-ethyl adjacent to an activating group) is 1. The Hall–Kier alpha value is -2.33. The summed E-state index contributed by atoms with van der Waals surface area (Å²) in [5.41, 5.74) is 6.38. The van der Waals surface area contributed by atoms with Gasteiger partial charge in [0.05, 0.1) is 6.61 Å². The largest absolute Gasteiger partial charge is 0.465 e. The number of benzene rings is 1. The topological polar surface area (TPSA) is 81.4 Å². The summed E-state index contributed by atoms with van der Waals surface area (Å²) in [5.74, 6) is -2.34. The predicted octanol–water partition coefficient (Wildman–Crippen LogP) is 4.65. The lowest BCUT2D eigenvalue weighted by atomic mass is 10.0. The fourth-order valence-corrected chi connectivity index (χ4v) is 1.83. The van der Waals surface area contributed by atoms with Crippen molar-refractivity contribution in [3.63, 3.8) is 0 Å². The van der Waals surface area contributed by atoms with Gasteiger partial charge in [-0.05, 0) is 39.0 Å². The van der Waals surface area contributed by atoms with Crippen molar-refractivity contribution in [1.82, 2.24) is 5.32 Å². The number of esters is 1. The van der Waals surface area contributed by atoms with Gasteiger partial charge in [-0.1, -0.05) is 32.1 Å². The molecule has 0 saturated carbocycles. The zero-order valence-corrected chi connectivity index (χ0v) is 18.8. The van der Waals surface area contributed by atoms with Crippen LogP contribution in [0.4, 0.5) is 22.0 Å². The number of carbonyl (C=O) groups is 2. The van der Waals surface area contributed by atoms with Crippen LogP contribution in [-0.2, 0) is 14.3 Å². The molecule has 0 fully saturated rings. The Kier molecular flexibility index (Phi) is 21.1. The lowest BCUT2D eigenvalue weighted by Gasteiger charge is -2.12. The van der Waals surface area contributed by atoms with Crippen molar-refractivity contribution in [2.75, 3.05) is 20.2 Å². The highest BCUT2D eigenvalue weighted by molar-refractivity contribution is 5.76. The summed E-state index contributed by atoms with van der Waals surface area (Å²) in [6.07, 6.45) is -1.44. The molecule has 1 rings (SSSR count). The van der Waals surface area contributed by atoms with E-state index in [0.717, 1.165) is 12.4 Å². The van der Waals surface area contributed by atoms with E-state index >= 15 is 0 Å². The molecule has 31 heavy (non-hydrogen) atoms. The zero-order valence-electron chi connectivity index (χ0n) is 18.8. The van der Waals surface area contributed by atoms with E-state index < -0.39 is 29.8 Å². The minimum absolute atomic E-state index is 0.153. The van der Waals surface area contributed by atoms with E-state index in [1.165, 1.54) is 19.1 Å². The molecular formula is C21H33F5N2O3. The number of halogens is 5. The number of nitrogens with two attached hydrogens (primary N) is 1. The second-order valence-corrected chi connectivity index (χ2v) is 5.47. The summed E-state index contributed by atoms with van der Waals surface area (Å²) < 4.78 is 63.0. The molecule has 0 bridgehead atoms. The third kappa shape index (κ3) is 19.4. The molecule has 0 radical (unpaired) electrons. The molecular weight excluding hydrogens is 423 g/mol. The number of carbonyl (C=O) groups excluding carboxylic acids is 2. The lowest BCUT2D eigenvalue weighted by molar-refractivity contribution is -0.144. The van der Waals surface area contributed by atoms with Gasteiger partial charge in [-0.25, -0.2) is 8.78 Å². The van der Waals surface area contributed by atoms with E-state index in [1.807, 2.05) is 13.8 Å². The van der Waals surface area contributed by atoms with E-state index in [-0.39, 0.29) is 25.5 Å². The van der Waals surface area contributed by atoms with Crippen LogP contribution in [0.3, 0.4) is 0 Å². The molecule has 3 N–H and O–H groups in total. The predicted molar refractivity (Wildman–Crippen MR) is 112 cm³/mol. The maximum Gasteiger partial charge on any atom is 0.386 e. The fraction of sp³-hybridized carbons (Fsp3) is 0.524. The molecule has 1 unspecified atom stereocenters. The molecule has 0 amide bonds. The number of ether oxygens (including phenoxy) is 1. The van der Waals surface area contributed by atoms with Gasteiger partial charge in [-0.3, -0.25) is 4.79 Å². The second-order valence-electron chi connectivity index (χ2n) is 5.47. The highest BCUT2D eigenvalue weighted by atomic mass is 19.4. The van der Waals surface area contributed by atoms with E-state index in [0.29, 0.717) is 12.1 Å². The molecule has 0 aliphatic heterocycles. The third-order valence-corrected chi connectivity index (χ3v) is 2.87. The maximum atomic E-state index is 13.8. The molecule has 0 aliphatic rings. The number of hydrogen-bond donors (Lipinski definition) is 2. The van der Waals surface area contributed by atoms with E-state index in [9.17, 15) is 26.7 Å². The Morgan fingerprint density at radius 1 is 1.26 bits per heavy atom. The smallest absolute Gasteiger partial charge is 0.386 e. The van der Waals surface area contributed by atoms with Crippen molar-refractivity contribution < 1.29 is 36.3 Å². The van der Waals surface area contributed by atoms with Crippen molar-refractivity contribution in [3.8, 4) is 0 Å². The van der Waals surface area contributed by atoms with Gasteiger partial charge in [-0.2, -0.15) is 13.2 Å². The van der Waals surface area contributed by atoms with Gasteiger partial charge < -0.3 is 20.6 Å². The first-order valence-electron chi connectivity index (χ1n) is 9.59. The number of aldehydes is 1. The number of hydrogen-bond acceptors (Lipinski definition) is 5. The van der Waals surface area contributed by atoms with E-state index in [2.05, 4.69) is 5.32 Å². The third-order valence-electron chi connectivity index (χ3n) is 2.87. The average molecular weight is 456 g/mol. The molecule has 0 saturated heterocycles. The van der Waals surface area contributed by atoms with E-state index in [1.54, 1.807) is 20.0 Å². The number of rotatable bonds is 7. The van der Waals surface area contributed by atoms with Gasteiger partial charge in [-0.15, -0.1) is 0 Å². The fourth-order valence-electron chi connectivity index (χ4n) is 1.83. The Balaban J connectivity index is -0.000000661. The van der Waals surface area contributed by atoms with Gasteiger partial charge in [0.2, 0.25) is 0 Å². The van der Waals surface area contributed by atoms with Gasteiger partial charge >= 0.3 is 12.1 Å². The Bertz CT molecular complexity index is 644. The Morgan fingerprint density at radius 3 is 2.16 bits per heavy atom. The van der Waals surface area contributed by atoms with Gasteiger partial charge in [0.1, 0.15) is 12.3 Å². The standard InChI is InChI=1S/C15H20F2N2O2.C2H3F3.C2H4O.C2H6/c1-3-21-15(20)13(18)8-7-10(9-19-2)11-5-4-6-12(16)14(11)17;1-2(3,4)5;1-2-3;1-2/h4-7,13,19H,3,8-9,18H2,1-2H3;1H3;2H,1H3;1-2H3/b10-7+;;;. The molecule has 0 aliphatic carbocycles. The van der Waals surface area contributed by atoms with Crippen LogP contribution in [0.5, 0.6) is 0 Å². The maximum absolute atomic E-state index is 13.8. The summed E-state index contributed by atoms with van der Waals surface area (Å²) >= 11 is 0. The number of nitrogens with one attached hydrogen (secondary N) is 1. The molecule has 1 aromatic carbocycles. The van der Waals surface area contributed by atoms with Crippen LogP contribution in [0.2, 0.25) is 0 Å². The van der Waals surface area contributed by atoms with Gasteiger partial charge in [0, 0.05) is 19.0 Å². The van der Waals surface area contributed by atoms with Crippen LogP contribution in [0.15, 0.2) is 24.3 Å². The highest BCUT2D eigenvalue weighted by Gasteiger charge is 2.16. The number of alkyl halides is 3. The molecule has 10 heteroatoms. The van der Waals surface area contributed by atoms with Gasteiger partial charge in [0.25, 0.3) is 0 Å². The van der Waals surface area contributed by atoms with Gasteiger partial charge in [0.15, 0.2) is 11.6 Å². The summed E-state index contributed by atoms with van der Waals surface area (Å²) in [6, 6.07) is 3.15. The van der Waals surface area contributed by atoms with Crippen LogP contribution in [-0.4, -0.2) is 44.7 Å². The lowest BCUT2D eigenvalue weighted by Crippen LogP contribution is -2.31. The molecule has 0 spiro atoms. The van der Waals surface area contributed by atoms with Crippen LogP contribution in [0.1, 0.15) is 46.6 Å². The van der Waals surface area contributed by atoms with Crippen molar-refractivity contribution >= 4 is 17.8 Å². The SMILES string of the molecule is CC.CC(F)(F)F.CC=O.CCOC(=O)C(N)C/C=C(\CNC)c1cccc(F)c1F. The molecule has 180 valence electrons. The minimum atomic E-state index is -4.00. The molecule has 1 aromatic rings. The van der Waals surface area contributed by atoms with Crippen LogP contribution in [0.25, 0.3) is 5.57 Å². The second kappa shape index (κ2) is 19.6. The Labute approximate surface area is 180 Å². The van der Waals surface area contributed by atoms with Crippen LogP contribution in [0, 0.1) is 11.6 Å². The first-order chi connectivity index (χ1) is 14.4. The zero-order chi connectivity index (χ0) is 25.0. The van der Waals surface area contributed by atoms with Crippen molar-refractivity contribution in [2.45, 2.75) is 53.3 Å². The van der Waals surface area contributed by atoms with E-state index in [4.69, 9.17) is 15.3 Å². The summed E-state index contributed by atoms with van der Waals surface area (Å²) in [5, 5.41) is 2.88. The minimum Gasteiger partial charge on any atom is -0.465 e. The van der Waals surface area contributed by atoms with Crippen molar-refractivity contribution in [1.29, 1.82) is 0 Å². The molecule has 0 aromatic heterocycles. The average Bonchev–Trinajstić information content (AvgIpc) is 2.68. The van der Waals surface area contributed by atoms with Crippen molar-refractivity contribution in [2.24, 2.45) is 5.73 Å². The van der Waals surface area contributed by atoms with Crippen molar-refractivity contribution in [3.05, 3.63) is 41.5 Å².